The monoisotopic (exact) mass is 357 g/mol. The van der Waals surface area contributed by atoms with Crippen molar-refractivity contribution in [3.8, 4) is 0 Å². The van der Waals surface area contributed by atoms with Crippen LogP contribution in [0.4, 0.5) is 11.4 Å². The number of para-hydroxylation sites is 1. The number of rotatable bonds is 5. The normalized spacial score (nSPS) is 16.2. The van der Waals surface area contributed by atoms with E-state index in [0.29, 0.717) is 22.0 Å². The molecule has 0 radical (unpaired) electrons. The fourth-order valence-corrected chi connectivity index (χ4v) is 2.79. The van der Waals surface area contributed by atoms with E-state index in [2.05, 4.69) is 15.8 Å². The smallest absolute Gasteiger partial charge is 0.355 e. The average Bonchev–Trinajstić information content (AvgIpc) is 2.92. The van der Waals surface area contributed by atoms with Crippen LogP contribution in [0.3, 0.4) is 0 Å². The molecule has 1 heterocycles. The first-order valence-corrected chi connectivity index (χ1v) is 8.14. The molecule has 0 spiro atoms. The SMILES string of the molecule is CCOC(=O)/C(=N\Nc1cccc(Cl)c1)C1C(=O)Nc2ccccc21. The van der Waals surface area contributed by atoms with Crippen molar-refractivity contribution in [2.75, 3.05) is 17.3 Å². The maximum atomic E-state index is 12.4. The molecule has 7 heteroatoms. The van der Waals surface area contributed by atoms with Crippen LogP contribution in [0, 0.1) is 0 Å². The Morgan fingerprint density at radius 2 is 2.08 bits per heavy atom. The third-order valence-corrected chi connectivity index (χ3v) is 3.92. The van der Waals surface area contributed by atoms with Crippen molar-refractivity contribution in [3.63, 3.8) is 0 Å². The highest BCUT2D eigenvalue weighted by Crippen LogP contribution is 2.33. The molecule has 2 aromatic rings. The summed E-state index contributed by atoms with van der Waals surface area (Å²) in [6.45, 7) is 1.88. The maximum absolute atomic E-state index is 12.4. The standard InChI is InChI=1S/C18H16ClN3O3/c1-2-25-18(24)16(22-21-12-7-5-6-11(19)10-12)15-13-8-3-4-9-14(13)20-17(15)23/h3-10,15,21H,2H2,1H3,(H,20,23)/b22-16-. The zero-order valence-electron chi connectivity index (χ0n) is 13.5. The van der Waals surface area contributed by atoms with E-state index in [-0.39, 0.29) is 18.2 Å². The van der Waals surface area contributed by atoms with Crippen molar-refractivity contribution in [2.24, 2.45) is 5.10 Å². The molecule has 6 nitrogen and oxygen atoms in total. The number of nitrogens with zero attached hydrogens (tertiary/aromatic N) is 1. The van der Waals surface area contributed by atoms with Crippen LogP contribution >= 0.6 is 11.6 Å². The van der Waals surface area contributed by atoms with Gasteiger partial charge in [0.05, 0.1) is 12.3 Å². The molecule has 1 atom stereocenters. The highest BCUT2D eigenvalue weighted by atomic mass is 35.5. The van der Waals surface area contributed by atoms with E-state index in [9.17, 15) is 9.59 Å². The number of esters is 1. The van der Waals surface area contributed by atoms with Gasteiger partial charge in [-0.05, 0) is 36.8 Å². The zero-order chi connectivity index (χ0) is 17.8. The van der Waals surface area contributed by atoms with Gasteiger partial charge in [0.15, 0.2) is 5.71 Å². The van der Waals surface area contributed by atoms with E-state index >= 15 is 0 Å². The number of anilines is 2. The largest absolute Gasteiger partial charge is 0.461 e. The summed E-state index contributed by atoms with van der Waals surface area (Å²) in [5.74, 6) is -1.79. The van der Waals surface area contributed by atoms with Crippen LogP contribution in [-0.2, 0) is 14.3 Å². The number of amides is 1. The van der Waals surface area contributed by atoms with Crippen molar-refractivity contribution in [2.45, 2.75) is 12.8 Å². The minimum atomic E-state index is -0.832. The van der Waals surface area contributed by atoms with E-state index in [0.717, 1.165) is 0 Å². The summed E-state index contributed by atoms with van der Waals surface area (Å²) < 4.78 is 5.08. The number of nitrogens with one attached hydrogen (secondary N) is 2. The Hall–Kier alpha value is -2.86. The number of hydrogen-bond acceptors (Lipinski definition) is 5. The van der Waals surface area contributed by atoms with Gasteiger partial charge in [0.1, 0.15) is 5.92 Å². The van der Waals surface area contributed by atoms with E-state index in [1.54, 1.807) is 49.4 Å². The van der Waals surface area contributed by atoms with Gasteiger partial charge in [-0.15, -0.1) is 0 Å². The lowest BCUT2D eigenvalue weighted by atomic mass is 9.95. The topological polar surface area (TPSA) is 79.8 Å². The molecule has 0 saturated heterocycles. The molecular formula is C18H16ClN3O3. The minimum Gasteiger partial charge on any atom is -0.461 e. The fraction of sp³-hybridized carbons (Fsp3) is 0.167. The van der Waals surface area contributed by atoms with E-state index in [1.165, 1.54) is 0 Å². The number of hydrogen-bond donors (Lipinski definition) is 2. The number of halogens is 1. The molecule has 0 bridgehead atoms. The average molecular weight is 358 g/mol. The summed E-state index contributed by atoms with van der Waals surface area (Å²) in [5, 5.41) is 7.44. The molecule has 1 unspecified atom stereocenters. The van der Waals surface area contributed by atoms with Crippen LogP contribution in [-0.4, -0.2) is 24.2 Å². The Bertz CT molecular complexity index is 851. The third kappa shape index (κ3) is 3.64. The summed E-state index contributed by atoms with van der Waals surface area (Å²) in [7, 11) is 0. The molecule has 0 fully saturated rings. The van der Waals surface area contributed by atoms with Gasteiger partial charge in [0.2, 0.25) is 5.91 Å². The van der Waals surface area contributed by atoms with Crippen molar-refractivity contribution in [3.05, 3.63) is 59.1 Å². The Labute approximate surface area is 149 Å². The van der Waals surface area contributed by atoms with Gasteiger partial charge in [0, 0.05) is 10.7 Å². The van der Waals surface area contributed by atoms with Crippen LogP contribution in [0.1, 0.15) is 18.4 Å². The molecule has 0 aliphatic carbocycles. The number of benzene rings is 2. The summed E-state index contributed by atoms with van der Waals surface area (Å²) in [5.41, 5.74) is 4.72. The molecule has 2 N–H and O–H groups in total. The second-order valence-corrected chi connectivity index (χ2v) is 5.79. The maximum Gasteiger partial charge on any atom is 0.355 e. The van der Waals surface area contributed by atoms with Gasteiger partial charge in [-0.1, -0.05) is 35.9 Å². The number of fused-ring (bicyclic) bond motifs is 1. The lowest BCUT2D eigenvalue weighted by molar-refractivity contribution is -0.135. The van der Waals surface area contributed by atoms with E-state index < -0.39 is 11.9 Å². The molecule has 1 amide bonds. The predicted octanol–water partition coefficient (Wildman–Crippen LogP) is 3.41. The summed E-state index contributed by atoms with van der Waals surface area (Å²) >= 11 is 5.95. The molecule has 25 heavy (non-hydrogen) atoms. The van der Waals surface area contributed by atoms with Crippen LogP contribution in [0.25, 0.3) is 0 Å². The molecule has 3 rings (SSSR count). The highest BCUT2D eigenvalue weighted by Gasteiger charge is 2.38. The Kier molecular flexibility index (Phi) is 5.00. The first kappa shape index (κ1) is 17.0. The van der Waals surface area contributed by atoms with Crippen molar-refractivity contribution in [1.29, 1.82) is 0 Å². The Morgan fingerprint density at radius 3 is 2.84 bits per heavy atom. The molecule has 128 valence electrons. The lowest BCUT2D eigenvalue weighted by Crippen LogP contribution is -2.30. The summed E-state index contributed by atoms with van der Waals surface area (Å²) in [6, 6.07) is 14.1. The van der Waals surface area contributed by atoms with Crippen molar-refractivity contribution in [1.82, 2.24) is 0 Å². The second kappa shape index (κ2) is 7.36. The predicted molar refractivity (Wildman–Crippen MR) is 97.0 cm³/mol. The van der Waals surface area contributed by atoms with Crippen LogP contribution in [0.15, 0.2) is 53.6 Å². The molecule has 2 aromatic carbocycles. The Morgan fingerprint density at radius 1 is 1.28 bits per heavy atom. The second-order valence-electron chi connectivity index (χ2n) is 5.35. The number of hydrazone groups is 1. The fourth-order valence-electron chi connectivity index (χ4n) is 2.60. The third-order valence-electron chi connectivity index (χ3n) is 3.68. The number of carbonyl (C=O) groups is 2. The van der Waals surface area contributed by atoms with Gasteiger partial charge < -0.3 is 10.1 Å². The summed E-state index contributed by atoms with van der Waals surface area (Å²) in [4.78, 5) is 24.8. The first-order chi connectivity index (χ1) is 12.1. The van der Waals surface area contributed by atoms with Gasteiger partial charge in [-0.3, -0.25) is 10.2 Å². The van der Waals surface area contributed by atoms with E-state index in [4.69, 9.17) is 16.3 Å². The van der Waals surface area contributed by atoms with Crippen molar-refractivity contribution < 1.29 is 14.3 Å². The summed E-state index contributed by atoms with van der Waals surface area (Å²) in [6.07, 6.45) is 0. The number of ether oxygens (including phenoxy) is 1. The molecular weight excluding hydrogens is 342 g/mol. The van der Waals surface area contributed by atoms with Gasteiger partial charge >= 0.3 is 5.97 Å². The van der Waals surface area contributed by atoms with E-state index in [1.807, 2.05) is 6.07 Å². The lowest BCUT2D eigenvalue weighted by Gasteiger charge is -2.12. The van der Waals surface area contributed by atoms with Crippen LogP contribution in [0.5, 0.6) is 0 Å². The molecule has 0 saturated carbocycles. The number of carbonyl (C=O) groups excluding carboxylic acids is 2. The highest BCUT2D eigenvalue weighted by molar-refractivity contribution is 6.44. The molecule has 0 aromatic heterocycles. The first-order valence-electron chi connectivity index (χ1n) is 7.76. The van der Waals surface area contributed by atoms with Gasteiger partial charge in [-0.2, -0.15) is 5.10 Å². The van der Waals surface area contributed by atoms with Crippen LogP contribution in [0.2, 0.25) is 5.02 Å². The Balaban J connectivity index is 1.96. The minimum absolute atomic E-state index is 0.00993. The molecule has 1 aliphatic heterocycles. The van der Waals surface area contributed by atoms with Crippen molar-refractivity contribution >= 4 is 40.6 Å². The zero-order valence-corrected chi connectivity index (χ0v) is 14.2. The quantitative estimate of drug-likeness (QED) is 0.488. The molecule has 1 aliphatic rings. The van der Waals surface area contributed by atoms with Gasteiger partial charge in [0.25, 0.3) is 0 Å². The van der Waals surface area contributed by atoms with Crippen LogP contribution < -0.4 is 10.7 Å². The van der Waals surface area contributed by atoms with Gasteiger partial charge in [-0.25, -0.2) is 4.79 Å².